The van der Waals surface area contributed by atoms with Crippen LogP contribution in [0, 0.1) is 5.41 Å². The number of fused-ring (bicyclic) bond motifs is 1. The van der Waals surface area contributed by atoms with Crippen molar-refractivity contribution >= 4 is 11.8 Å². The monoisotopic (exact) mass is 276 g/mol. The molecule has 4 nitrogen and oxygen atoms in total. The molecule has 0 amide bonds. The molecule has 0 radical (unpaired) electrons. The maximum absolute atomic E-state index is 11.9. The summed E-state index contributed by atoms with van der Waals surface area (Å²) in [6, 6.07) is 5.52. The van der Waals surface area contributed by atoms with Crippen molar-refractivity contribution < 1.29 is 19.1 Å². The van der Waals surface area contributed by atoms with Crippen LogP contribution in [0.3, 0.4) is 0 Å². The van der Waals surface area contributed by atoms with Crippen LogP contribution in [0.25, 0.3) is 0 Å². The predicted octanol–water partition coefficient (Wildman–Crippen LogP) is 2.78. The Morgan fingerprint density at radius 2 is 2.05 bits per heavy atom. The molecule has 1 aromatic carbocycles. The predicted molar refractivity (Wildman–Crippen MR) is 75.0 cm³/mol. The highest BCUT2D eigenvalue weighted by molar-refractivity contribution is 5.99. The molecule has 0 atom stereocenters. The Morgan fingerprint density at radius 3 is 2.75 bits per heavy atom. The highest BCUT2D eigenvalue weighted by Gasteiger charge is 2.30. The third-order valence-corrected chi connectivity index (χ3v) is 3.59. The molecule has 108 valence electrons. The van der Waals surface area contributed by atoms with Gasteiger partial charge in [0.15, 0.2) is 5.78 Å². The summed E-state index contributed by atoms with van der Waals surface area (Å²) < 4.78 is 10.5. The first-order valence-electron chi connectivity index (χ1n) is 6.82. The zero-order valence-electron chi connectivity index (χ0n) is 12.2. The zero-order chi connectivity index (χ0) is 14.8. The summed E-state index contributed by atoms with van der Waals surface area (Å²) in [7, 11) is 1.37. The van der Waals surface area contributed by atoms with E-state index >= 15 is 0 Å². The van der Waals surface area contributed by atoms with Crippen molar-refractivity contribution in [2.24, 2.45) is 5.41 Å². The van der Waals surface area contributed by atoms with Crippen molar-refractivity contribution in [2.45, 2.75) is 33.1 Å². The SMILES string of the molecule is COC(=O)C(C)(C)COc1cccc2c1CCCC2=O. The number of rotatable bonds is 4. The molecule has 1 aromatic rings. The molecule has 2 rings (SSSR count). The third-order valence-electron chi connectivity index (χ3n) is 3.59. The lowest BCUT2D eigenvalue weighted by Gasteiger charge is -2.24. The number of methoxy groups -OCH3 is 1. The van der Waals surface area contributed by atoms with Gasteiger partial charge in [0.1, 0.15) is 12.4 Å². The molecule has 4 heteroatoms. The Hall–Kier alpha value is -1.84. The maximum Gasteiger partial charge on any atom is 0.314 e. The van der Waals surface area contributed by atoms with Gasteiger partial charge in [0.05, 0.1) is 12.5 Å². The third kappa shape index (κ3) is 2.84. The first kappa shape index (κ1) is 14.6. The van der Waals surface area contributed by atoms with Gasteiger partial charge in [-0.2, -0.15) is 0 Å². The van der Waals surface area contributed by atoms with Gasteiger partial charge in [-0.15, -0.1) is 0 Å². The lowest BCUT2D eigenvalue weighted by atomic mass is 9.90. The molecular weight excluding hydrogens is 256 g/mol. The molecule has 0 heterocycles. The number of esters is 1. The van der Waals surface area contributed by atoms with Crippen molar-refractivity contribution in [2.75, 3.05) is 13.7 Å². The van der Waals surface area contributed by atoms with E-state index in [4.69, 9.17) is 9.47 Å². The number of hydrogen-bond acceptors (Lipinski definition) is 4. The van der Waals surface area contributed by atoms with Crippen LogP contribution in [0.15, 0.2) is 18.2 Å². The van der Waals surface area contributed by atoms with Crippen LogP contribution in [0.5, 0.6) is 5.75 Å². The van der Waals surface area contributed by atoms with Crippen LogP contribution in [0.4, 0.5) is 0 Å². The lowest BCUT2D eigenvalue weighted by Crippen LogP contribution is -2.32. The van der Waals surface area contributed by atoms with Crippen LogP contribution < -0.4 is 4.74 Å². The number of Topliss-reactive ketones (excluding diaryl/α,β-unsaturated/α-hetero) is 1. The number of ketones is 1. The molecule has 0 aliphatic heterocycles. The molecule has 0 bridgehead atoms. The molecule has 1 aliphatic rings. The Kier molecular flexibility index (Phi) is 4.12. The molecule has 1 aliphatic carbocycles. The van der Waals surface area contributed by atoms with Crippen molar-refractivity contribution in [1.82, 2.24) is 0 Å². The fraction of sp³-hybridized carbons (Fsp3) is 0.500. The van der Waals surface area contributed by atoms with E-state index in [-0.39, 0.29) is 18.4 Å². The average Bonchev–Trinajstić information content (AvgIpc) is 2.44. The Bertz CT molecular complexity index is 531. The first-order valence-corrected chi connectivity index (χ1v) is 6.82. The number of carbonyl (C=O) groups excluding carboxylic acids is 2. The fourth-order valence-corrected chi connectivity index (χ4v) is 2.37. The van der Waals surface area contributed by atoms with Crippen molar-refractivity contribution in [3.05, 3.63) is 29.3 Å². The molecule has 20 heavy (non-hydrogen) atoms. The van der Waals surface area contributed by atoms with E-state index in [1.807, 2.05) is 18.2 Å². The molecule has 0 N–H and O–H groups in total. The maximum atomic E-state index is 11.9. The van der Waals surface area contributed by atoms with E-state index in [0.717, 1.165) is 24.0 Å². The van der Waals surface area contributed by atoms with Crippen LogP contribution in [-0.4, -0.2) is 25.5 Å². The van der Waals surface area contributed by atoms with Crippen molar-refractivity contribution in [3.63, 3.8) is 0 Å². The second-order valence-corrected chi connectivity index (χ2v) is 5.72. The summed E-state index contributed by atoms with van der Waals surface area (Å²) in [6.45, 7) is 3.78. The van der Waals surface area contributed by atoms with E-state index in [1.54, 1.807) is 13.8 Å². The number of hydrogen-bond donors (Lipinski definition) is 0. The zero-order valence-corrected chi connectivity index (χ0v) is 12.2. The van der Waals surface area contributed by atoms with Gasteiger partial charge in [0, 0.05) is 17.5 Å². The van der Waals surface area contributed by atoms with E-state index in [9.17, 15) is 9.59 Å². The number of benzene rings is 1. The molecule has 0 spiro atoms. The number of ether oxygens (including phenoxy) is 2. The second-order valence-electron chi connectivity index (χ2n) is 5.72. The second kappa shape index (κ2) is 5.65. The average molecular weight is 276 g/mol. The summed E-state index contributed by atoms with van der Waals surface area (Å²) in [5.41, 5.74) is 1.00. The van der Waals surface area contributed by atoms with Crippen molar-refractivity contribution in [1.29, 1.82) is 0 Å². The van der Waals surface area contributed by atoms with Gasteiger partial charge in [0.25, 0.3) is 0 Å². The van der Waals surface area contributed by atoms with E-state index < -0.39 is 5.41 Å². The van der Waals surface area contributed by atoms with E-state index in [1.165, 1.54) is 7.11 Å². The Morgan fingerprint density at radius 1 is 1.30 bits per heavy atom. The van der Waals surface area contributed by atoms with Crippen LogP contribution in [-0.2, 0) is 16.0 Å². The van der Waals surface area contributed by atoms with Crippen molar-refractivity contribution in [3.8, 4) is 5.75 Å². The van der Waals surface area contributed by atoms with Gasteiger partial charge in [-0.25, -0.2) is 0 Å². The standard InChI is InChI=1S/C16H20O4/c1-16(2,15(18)19-3)10-20-14-9-5-6-11-12(14)7-4-8-13(11)17/h5-6,9H,4,7-8,10H2,1-3H3. The van der Waals surface area contributed by atoms with Gasteiger partial charge in [-0.1, -0.05) is 12.1 Å². The molecule has 0 saturated heterocycles. The van der Waals surface area contributed by atoms with E-state index in [2.05, 4.69) is 0 Å². The summed E-state index contributed by atoms with van der Waals surface area (Å²) >= 11 is 0. The van der Waals surface area contributed by atoms with Gasteiger partial charge in [-0.05, 0) is 32.8 Å². The fourth-order valence-electron chi connectivity index (χ4n) is 2.37. The summed E-state index contributed by atoms with van der Waals surface area (Å²) in [4.78, 5) is 23.5. The normalized spacial score (nSPS) is 14.7. The largest absolute Gasteiger partial charge is 0.492 e. The van der Waals surface area contributed by atoms with Gasteiger partial charge in [-0.3, -0.25) is 9.59 Å². The molecule has 0 fully saturated rings. The molecule has 0 saturated carbocycles. The van der Waals surface area contributed by atoms with E-state index in [0.29, 0.717) is 12.2 Å². The van der Waals surface area contributed by atoms with Gasteiger partial charge < -0.3 is 9.47 Å². The van der Waals surface area contributed by atoms with Crippen LogP contribution in [0.2, 0.25) is 0 Å². The highest BCUT2D eigenvalue weighted by Crippen LogP contribution is 2.30. The quantitative estimate of drug-likeness (QED) is 0.793. The van der Waals surface area contributed by atoms with Crippen LogP contribution in [0.1, 0.15) is 42.6 Å². The number of carbonyl (C=O) groups is 2. The Balaban J connectivity index is 2.17. The lowest BCUT2D eigenvalue weighted by molar-refractivity contribution is -0.152. The molecule has 0 aromatic heterocycles. The minimum atomic E-state index is -0.712. The van der Waals surface area contributed by atoms with Crippen LogP contribution >= 0.6 is 0 Å². The summed E-state index contributed by atoms with van der Waals surface area (Å²) in [5.74, 6) is 0.565. The summed E-state index contributed by atoms with van der Waals surface area (Å²) in [6.07, 6.45) is 2.30. The molecule has 0 unspecified atom stereocenters. The first-order chi connectivity index (χ1) is 9.45. The summed E-state index contributed by atoms with van der Waals surface area (Å²) in [5, 5.41) is 0. The highest BCUT2D eigenvalue weighted by atomic mass is 16.5. The van der Waals surface area contributed by atoms with Gasteiger partial charge in [0.2, 0.25) is 0 Å². The topological polar surface area (TPSA) is 52.6 Å². The Labute approximate surface area is 119 Å². The smallest absolute Gasteiger partial charge is 0.314 e. The minimum absolute atomic E-state index is 0.170. The minimum Gasteiger partial charge on any atom is -0.492 e. The molecular formula is C16H20O4. The van der Waals surface area contributed by atoms with Gasteiger partial charge >= 0.3 is 5.97 Å².